The molecule has 0 aliphatic carbocycles. The fourth-order valence-electron chi connectivity index (χ4n) is 8.46. The predicted octanol–water partition coefficient (Wildman–Crippen LogP) is 7.06. The number of alkyl carbamates (subject to hydrolysis) is 1. The topological polar surface area (TPSA) is 191 Å². The van der Waals surface area contributed by atoms with Crippen LogP contribution in [0.4, 0.5) is 4.79 Å². The average molecular weight is 806 g/mol. The number of likely N-dealkylation sites (tertiary alicyclic amines) is 2. The maximum atomic E-state index is 14.1. The van der Waals surface area contributed by atoms with Crippen molar-refractivity contribution in [3.8, 4) is 22.8 Å². The fraction of sp³-hybridized carbons (Fsp3) is 0.267. The highest BCUT2D eigenvalue weighted by atomic mass is 16.5. The molecule has 15 nitrogen and oxygen atoms in total. The first kappa shape index (κ1) is 38.2. The third-order valence-electron chi connectivity index (χ3n) is 11.3. The molecule has 3 aromatic heterocycles. The van der Waals surface area contributed by atoms with Gasteiger partial charge in [0.15, 0.2) is 5.76 Å². The molecule has 7 aromatic rings. The van der Waals surface area contributed by atoms with E-state index in [2.05, 4.69) is 25.6 Å². The molecule has 1 unspecified atom stereocenters. The fourth-order valence-corrected chi connectivity index (χ4v) is 8.46. The van der Waals surface area contributed by atoms with Crippen LogP contribution in [0.1, 0.15) is 79.6 Å². The van der Waals surface area contributed by atoms with Crippen LogP contribution in [0.25, 0.3) is 44.8 Å². The number of nitrogens with zero attached hydrogens (tertiary/aromatic N) is 5. The summed E-state index contributed by atoms with van der Waals surface area (Å²) in [6.45, 7) is 2.48. The van der Waals surface area contributed by atoms with Crippen LogP contribution in [-0.2, 0) is 19.1 Å². The van der Waals surface area contributed by atoms with E-state index in [0.29, 0.717) is 59.5 Å². The molecular formula is C45H43N9O6. The summed E-state index contributed by atoms with van der Waals surface area (Å²) >= 11 is 0. The van der Waals surface area contributed by atoms with Crippen molar-refractivity contribution >= 4 is 45.9 Å². The molecule has 0 spiro atoms. The van der Waals surface area contributed by atoms with E-state index < -0.39 is 18.2 Å². The van der Waals surface area contributed by atoms with Crippen molar-refractivity contribution in [2.24, 2.45) is 0 Å². The van der Waals surface area contributed by atoms with Crippen molar-refractivity contribution < 1.29 is 28.3 Å². The van der Waals surface area contributed by atoms with E-state index in [9.17, 15) is 19.2 Å². The third kappa shape index (κ3) is 7.33. The standard InChI is InChI=1S/C45H43N9O6/c1-26(55)47-37(27-12-5-3-6-13-27)43(56)53-22-10-18-34(53)40-48-31-21-20-29(24-33(31)50-40)36-25-46-42(60-36)30-16-9-17-32-39(30)51-41(49-32)35-19-11-23-54(35)44(57)38(52-45(58)59-2)28-14-7-4-8-15-28/h3-9,12-17,20-21,24-25,34-35,37-38H,10-11,18-19,22-23H2,1-2H3,(H,47,55)(H,48,50)(H,49,51)(H,52,58)/t34-,35-,37?,38+/m0/s1. The summed E-state index contributed by atoms with van der Waals surface area (Å²) in [5.41, 5.74) is 5.82. The molecule has 4 aromatic carbocycles. The molecule has 4 atom stereocenters. The smallest absolute Gasteiger partial charge is 0.407 e. The molecule has 2 aliphatic heterocycles. The van der Waals surface area contributed by atoms with Gasteiger partial charge in [-0.3, -0.25) is 14.4 Å². The second-order valence-corrected chi connectivity index (χ2v) is 15.1. The number of amides is 4. The number of para-hydroxylation sites is 1. The molecular weight excluding hydrogens is 763 g/mol. The quantitative estimate of drug-likeness (QED) is 0.112. The molecule has 4 amide bonds. The predicted molar refractivity (Wildman–Crippen MR) is 222 cm³/mol. The van der Waals surface area contributed by atoms with E-state index in [1.807, 2.05) is 89.8 Å². The summed E-state index contributed by atoms with van der Waals surface area (Å²) in [7, 11) is 1.27. The number of oxazole rings is 1. The lowest BCUT2D eigenvalue weighted by Gasteiger charge is -2.28. The van der Waals surface area contributed by atoms with E-state index >= 15 is 0 Å². The maximum Gasteiger partial charge on any atom is 0.407 e. The summed E-state index contributed by atoms with van der Waals surface area (Å²) in [6, 6.07) is 27.6. The molecule has 304 valence electrons. The highest BCUT2D eigenvalue weighted by molar-refractivity contribution is 5.91. The largest absolute Gasteiger partial charge is 0.453 e. The first-order valence-electron chi connectivity index (χ1n) is 20.0. The molecule has 0 bridgehead atoms. The Morgan fingerprint density at radius 3 is 2.00 bits per heavy atom. The molecule has 9 rings (SSSR count). The summed E-state index contributed by atoms with van der Waals surface area (Å²) in [6.07, 6.45) is 4.01. The minimum absolute atomic E-state index is 0.174. The highest BCUT2D eigenvalue weighted by Crippen LogP contribution is 2.38. The van der Waals surface area contributed by atoms with Gasteiger partial charge in [-0.05, 0) is 67.1 Å². The van der Waals surface area contributed by atoms with Gasteiger partial charge in [0.2, 0.25) is 17.7 Å². The zero-order chi connectivity index (χ0) is 41.3. The number of aromatic amines is 2. The number of hydrogen-bond acceptors (Lipinski definition) is 9. The Morgan fingerprint density at radius 1 is 0.750 bits per heavy atom. The monoisotopic (exact) mass is 805 g/mol. The number of H-pyrrole nitrogens is 2. The second-order valence-electron chi connectivity index (χ2n) is 15.1. The molecule has 0 saturated carbocycles. The molecule has 2 aliphatic rings. The van der Waals surface area contributed by atoms with Gasteiger partial charge >= 0.3 is 6.09 Å². The normalized spacial score (nSPS) is 17.5. The van der Waals surface area contributed by atoms with Gasteiger partial charge in [-0.1, -0.05) is 66.7 Å². The number of carbonyl (C=O) groups excluding carboxylic acids is 4. The van der Waals surface area contributed by atoms with E-state index in [-0.39, 0.29) is 29.8 Å². The summed E-state index contributed by atoms with van der Waals surface area (Å²) in [5.74, 6) is 1.55. The Hall–Kier alpha value is -7.29. The van der Waals surface area contributed by atoms with Crippen molar-refractivity contribution in [1.29, 1.82) is 0 Å². The van der Waals surface area contributed by atoms with Gasteiger partial charge in [-0.2, -0.15) is 0 Å². The minimum atomic E-state index is -0.923. The Labute approximate surface area is 344 Å². The molecule has 4 N–H and O–H groups in total. The number of hydrogen-bond donors (Lipinski definition) is 4. The van der Waals surface area contributed by atoms with Crippen LogP contribution in [0.15, 0.2) is 108 Å². The molecule has 60 heavy (non-hydrogen) atoms. The summed E-state index contributed by atoms with van der Waals surface area (Å²) in [5, 5.41) is 5.56. The van der Waals surface area contributed by atoms with Crippen LogP contribution >= 0.6 is 0 Å². The van der Waals surface area contributed by atoms with Crippen LogP contribution in [0.2, 0.25) is 0 Å². The van der Waals surface area contributed by atoms with Gasteiger partial charge in [0.1, 0.15) is 29.2 Å². The number of benzene rings is 4. The lowest BCUT2D eigenvalue weighted by Crippen LogP contribution is -2.42. The van der Waals surface area contributed by atoms with Crippen LogP contribution < -0.4 is 10.6 Å². The van der Waals surface area contributed by atoms with E-state index in [4.69, 9.17) is 19.1 Å². The van der Waals surface area contributed by atoms with Gasteiger partial charge in [-0.25, -0.2) is 19.7 Å². The number of methoxy groups -OCH3 is 1. The van der Waals surface area contributed by atoms with Crippen LogP contribution in [0, 0.1) is 0 Å². The van der Waals surface area contributed by atoms with Crippen molar-refractivity contribution in [2.75, 3.05) is 20.2 Å². The van der Waals surface area contributed by atoms with Gasteiger partial charge in [0, 0.05) is 25.6 Å². The average Bonchev–Trinajstić information content (AvgIpc) is 4.13. The van der Waals surface area contributed by atoms with E-state index in [1.165, 1.54) is 14.0 Å². The van der Waals surface area contributed by atoms with Gasteiger partial charge in [-0.15, -0.1) is 0 Å². The Morgan fingerprint density at radius 2 is 1.37 bits per heavy atom. The van der Waals surface area contributed by atoms with Crippen molar-refractivity contribution in [3.63, 3.8) is 0 Å². The van der Waals surface area contributed by atoms with Crippen molar-refractivity contribution in [3.05, 3.63) is 126 Å². The first-order chi connectivity index (χ1) is 29.2. The molecule has 15 heteroatoms. The van der Waals surface area contributed by atoms with Crippen LogP contribution in [0.5, 0.6) is 0 Å². The van der Waals surface area contributed by atoms with E-state index in [1.54, 1.807) is 23.2 Å². The molecule has 2 fully saturated rings. The third-order valence-corrected chi connectivity index (χ3v) is 11.3. The molecule has 2 saturated heterocycles. The Bertz CT molecular complexity index is 2710. The van der Waals surface area contributed by atoms with Crippen molar-refractivity contribution in [1.82, 2.24) is 45.4 Å². The van der Waals surface area contributed by atoms with Gasteiger partial charge < -0.3 is 39.6 Å². The summed E-state index contributed by atoms with van der Waals surface area (Å²) < 4.78 is 11.2. The summed E-state index contributed by atoms with van der Waals surface area (Å²) in [4.78, 5) is 77.5. The Balaban J connectivity index is 0.955. The number of fused-ring (bicyclic) bond motifs is 2. The Kier molecular flexibility index (Phi) is 10.3. The number of rotatable bonds is 10. The van der Waals surface area contributed by atoms with Gasteiger partial charge in [0.25, 0.3) is 5.91 Å². The lowest BCUT2D eigenvalue weighted by atomic mass is 10.0. The zero-order valence-corrected chi connectivity index (χ0v) is 33.1. The lowest BCUT2D eigenvalue weighted by molar-refractivity contribution is -0.137. The number of nitrogens with one attached hydrogen (secondary N) is 4. The highest BCUT2D eigenvalue weighted by Gasteiger charge is 2.38. The second kappa shape index (κ2) is 16.2. The van der Waals surface area contributed by atoms with Crippen molar-refractivity contribution in [2.45, 2.75) is 56.8 Å². The first-order valence-corrected chi connectivity index (χ1v) is 20.0. The number of carbonyl (C=O) groups is 4. The van der Waals surface area contributed by atoms with E-state index in [0.717, 1.165) is 46.9 Å². The minimum Gasteiger partial charge on any atom is -0.453 e. The molecule has 0 radical (unpaired) electrons. The van der Waals surface area contributed by atoms with Crippen LogP contribution in [-0.4, -0.2) is 78.7 Å². The number of imidazole rings is 2. The van der Waals surface area contributed by atoms with Crippen LogP contribution in [0.3, 0.4) is 0 Å². The number of ether oxygens (including phenoxy) is 1. The maximum absolute atomic E-state index is 14.1. The SMILES string of the molecule is COC(=O)N[C@@H](C(=O)N1CCC[C@H]1c1nc2c(-c3ncc(-c4ccc5nc([C@@H]6CCCN6C(=O)C(NC(C)=O)c6ccccc6)[nH]c5c4)o3)cccc2[nH]1)c1ccccc1. The zero-order valence-electron chi connectivity index (χ0n) is 33.1. The molecule has 5 heterocycles. The van der Waals surface area contributed by atoms with Gasteiger partial charge in [0.05, 0.1) is 47.5 Å². The number of aromatic nitrogens is 5.